The van der Waals surface area contributed by atoms with Crippen LogP contribution in [0.1, 0.15) is 168 Å². The summed E-state index contributed by atoms with van der Waals surface area (Å²) < 4.78 is 32.7. The van der Waals surface area contributed by atoms with Gasteiger partial charge in [-0.25, -0.2) is 4.57 Å². The Morgan fingerprint density at radius 1 is 0.585 bits per heavy atom. The van der Waals surface area contributed by atoms with Gasteiger partial charge in [0.25, 0.3) is 0 Å². The van der Waals surface area contributed by atoms with E-state index in [0.29, 0.717) is 6.42 Å². The standard InChI is InChI=1S/C43H76NO8P/c1-3-5-7-9-11-13-15-17-19-20-22-23-25-27-29-31-33-35-42(45)49-39-41(40-51-53(47,48)50-38-37-44)52-43(46)36-34-32-30-28-26-24-21-18-16-14-12-10-8-6-4-2/h6,8,12,14,17-19,21,26,28,41H,3-5,7,9-11,13,15-16,20,22-25,27,29-40,44H2,1-2H3,(H,47,48)/b8-6+,14-12+,19-17+,21-18+,28-26+/t41-/m1/s1. The molecule has 10 heteroatoms. The molecule has 1 unspecified atom stereocenters. The van der Waals surface area contributed by atoms with Crippen LogP contribution in [0.5, 0.6) is 0 Å². The summed E-state index contributed by atoms with van der Waals surface area (Å²) in [4.78, 5) is 34.8. The number of allylic oxidation sites excluding steroid dienone is 10. The number of carbonyl (C=O) groups is 2. The zero-order valence-corrected chi connectivity index (χ0v) is 34.4. The van der Waals surface area contributed by atoms with Crippen LogP contribution in [0.25, 0.3) is 0 Å². The quantitative estimate of drug-likeness (QED) is 0.0272. The number of esters is 2. The number of phosphoric acid groups is 1. The van der Waals surface area contributed by atoms with E-state index in [4.69, 9.17) is 24.3 Å². The summed E-state index contributed by atoms with van der Waals surface area (Å²) in [6.45, 7) is 3.55. The Bertz CT molecular complexity index is 1050. The Hall–Kier alpha value is -2.29. The van der Waals surface area contributed by atoms with Gasteiger partial charge in [0.05, 0.1) is 13.2 Å². The number of unbranched alkanes of at least 4 members (excludes halogenated alkanes) is 15. The fourth-order valence-corrected chi connectivity index (χ4v) is 6.09. The Morgan fingerprint density at radius 2 is 1.04 bits per heavy atom. The predicted octanol–water partition coefficient (Wildman–Crippen LogP) is 11.7. The topological polar surface area (TPSA) is 134 Å². The molecule has 0 aliphatic carbocycles. The highest BCUT2D eigenvalue weighted by molar-refractivity contribution is 7.47. The molecule has 53 heavy (non-hydrogen) atoms. The molecule has 0 amide bonds. The molecule has 0 radical (unpaired) electrons. The molecule has 0 heterocycles. The van der Waals surface area contributed by atoms with Gasteiger partial charge in [-0.15, -0.1) is 0 Å². The maximum Gasteiger partial charge on any atom is 0.472 e. The molecule has 0 aliphatic heterocycles. The van der Waals surface area contributed by atoms with Gasteiger partial charge in [0, 0.05) is 19.4 Å². The number of nitrogens with two attached hydrogens (primary N) is 1. The summed E-state index contributed by atoms with van der Waals surface area (Å²) >= 11 is 0. The van der Waals surface area contributed by atoms with Crippen molar-refractivity contribution in [2.45, 2.75) is 174 Å². The third-order valence-electron chi connectivity index (χ3n) is 8.39. The first-order chi connectivity index (χ1) is 25.8. The summed E-state index contributed by atoms with van der Waals surface area (Å²) in [6.07, 6.45) is 45.4. The predicted molar refractivity (Wildman–Crippen MR) is 219 cm³/mol. The highest BCUT2D eigenvalue weighted by atomic mass is 31.2. The smallest absolute Gasteiger partial charge is 0.462 e. The maximum absolute atomic E-state index is 12.5. The van der Waals surface area contributed by atoms with E-state index in [9.17, 15) is 19.0 Å². The molecule has 0 saturated heterocycles. The Labute approximate surface area is 323 Å². The molecule has 0 bridgehead atoms. The van der Waals surface area contributed by atoms with E-state index in [1.165, 1.54) is 64.2 Å². The first-order valence-electron chi connectivity index (χ1n) is 20.8. The average Bonchev–Trinajstić information content (AvgIpc) is 3.14. The minimum atomic E-state index is -4.39. The summed E-state index contributed by atoms with van der Waals surface area (Å²) in [7, 11) is -4.39. The number of ether oxygens (including phenoxy) is 2. The zero-order valence-electron chi connectivity index (χ0n) is 33.5. The molecule has 0 rings (SSSR count). The fraction of sp³-hybridized carbons (Fsp3) is 0.721. The van der Waals surface area contributed by atoms with Crippen LogP contribution in [0.2, 0.25) is 0 Å². The van der Waals surface area contributed by atoms with E-state index in [0.717, 1.165) is 70.6 Å². The minimum Gasteiger partial charge on any atom is -0.462 e. The van der Waals surface area contributed by atoms with Crippen molar-refractivity contribution in [3.63, 3.8) is 0 Å². The van der Waals surface area contributed by atoms with Crippen molar-refractivity contribution in [3.8, 4) is 0 Å². The molecule has 3 N–H and O–H groups in total. The fourth-order valence-electron chi connectivity index (χ4n) is 5.32. The van der Waals surface area contributed by atoms with Gasteiger partial charge in [0.2, 0.25) is 0 Å². The van der Waals surface area contributed by atoms with Crippen LogP contribution in [0.15, 0.2) is 60.8 Å². The SMILES string of the molecule is CC/C=C/C/C=C/C/C=C/C/C=C/CCCCC(=O)O[C@H](COC(=O)CCCCCCCCC/C=C/CCCCCCCC)COP(=O)(O)OCCN. The van der Waals surface area contributed by atoms with E-state index >= 15 is 0 Å². The van der Waals surface area contributed by atoms with Gasteiger partial charge in [-0.3, -0.25) is 18.6 Å². The van der Waals surface area contributed by atoms with Crippen molar-refractivity contribution in [2.24, 2.45) is 5.73 Å². The van der Waals surface area contributed by atoms with E-state index in [1.807, 2.05) is 0 Å². The van der Waals surface area contributed by atoms with Crippen LogP contribution < -0.4 is 5.73 Å². The molecule has 2 atom stereocenters. The second-order valence-electron chi connectivity index (χ2n) is 13.5. The van der Waals surface area contributed by atoms with Crippen molar-refractivity contribution in [3.05, 3.63) is 60.8 Å². The molecule has 0 aromatic heterocycles. The zero-order chi connectivity index (χ0) is 38.9. The van der Waals surface area contributed by atoms with Crippen molar-refractivity contribution < 1.29 is 37.6 Å². The third kappa shape index (κ3) is 39.2. The van der Waals surface area contributed by atoms with Crippen LogP contribution in [0, 0.1) is 0 Å². The number of phosphoric ester groups is 1. The van der Waals surface area contributed by atoms with Gasteiger partial charge in [-0.2, -0.15) is 0 Å². The van der Waals surface area contributed by atoms with Crippen molar-refractivity contribution in [1.29, 1.82) is 0 Å². The lowest BCUT2D eigenvalue weighted by Crippen LogP contribution is -2.29. The van der Waals surface area contributed by atoms with Crippen LogP contribution in [-0.4, -0.2) is 49.3 Å². The number of rotatable bonds is 38. The lowest BCUT2D eigenvalue weighted by molar-refractivity contribution is -0.161. The van der Waals surface area contributed by atoms with Crippen LogP contribution in [0.4, 0.5) is 0 Å². The van der Waals surface area contributed by atoms with Gasteiger partial charge in [0.15, 0.2) is 6.10 Å². The molecule has 0 spiro atoms. The molecule has 0 aromatic rings. The second-order valence-corrected chi connectivity index (χ2v) is 14.9. The highest BCUT2D eigenvalue weighted by Gasteiger charge is 2.25. The van der Waals surface area contributed by atoms with Crippen molar-refractivity contribution in [2.75, 3.05) is 26.4 Å². The van der Waals surface area contributed by atoms with E-state index < -0.39 is 32.5 Å². The summed E-state index contributed by atoms with van der Waals surface area (Å²) in [5, 5.41) is 0. The first-order valence-corrected chi connectivity index (χ1v) is 22.3. The van der Waals surface area contributed by atoms with Crippen LogP contribution in [-0.2, 0) is 32.7 Å². The number of carbonyl (C=O) groups excluding carboxylic acids is 2. The van der Waals surface area contributed by atoms with Gasteiger partial charge >= 0.3 is 19.8 Å². The van der Waals surface area contributed by atoms with Crippen LogP contribution in [0.3, 0.4) is 0 Å². The molecule has 9 nitrogen and oxygen atoms in total. The number of hydrogen-bond acceptors (Lipinski definition) is 8. The minimum absolute atomic E-state index is 0.0435. The monoisotopic (exact) mass is 766 g/mol. The molecular formula is C43H76NO8P. The Morgan fingerprint density at radius 3 is 1.60 bits per heavy atom. The molecular weight excluding hydrogens is 689 g/mol. The number of hydrogen-bond donors (Lipinski definition) is 2. The largest absolute Gasteiger partial charge is 0.472 e. The van der Waals surface area contributed by atoms with E-state index in [2.05, 4.69) is 74.6 Å². The first kappa shape index (κ1) is 50.7. The molecule has 0 fully saturated rings. The Balaban J connectivity index is 4.25. The molecule has 0 saturated carbocycles. The summed E-state index contributed by atoms with van der Waals surface area (Å²) in [6, 6.07) is 0. The lowest BCUT2D eigenvalue weighted by atomic mass is 10.1. The molecule has 0 aromatic carbocycles. The highest BCUT2D eigenvalue weighted by Crippen LogP contribution is 2.43. The van der Waals surface area contributed by atoms with Gasteiger partial charge in [0.1, 0.15) is 6.61 Å². The lowest BCUT2D eigenvalue weighted by Gasteiger charge is -2.19. The summed E-state index contributed by atoms with van der Waals surface area (Å²) in [5.74, 6) is -0.886. The normalized spacial score (nSPS) is 14.0. The molecule has 306 valence electrons. The third-order valence-corrected chi connectivity index (χ3v) is 9.37. The van der Waals surface area contributed by atoms with Crippen LogP contribution >= 0.6 is 7.82 Å². The molecule has 0 aliphatic rings. The van der Waals surface area contributed by atoms with E-state index in [-0.39, 0.29) is 32.6 Å². The van der Waals surface area contributed by atoms with Gasteiger partial charge in [-0.05, 0) is 77.0 Å². The van der Waals surface area contributed by atoms with Crippen molar-refractivity contribution in [1.82, 2.24) is 0 Å². The average molecular weight is 766 g/mol. The maximum atomic E-state index is 12.5. The summed E-state index contributed by atoms with van der Waals surface area (Å²) in [5.41, 5.74) is 5.34. The van der Waals surface area contributed by atoms with E-state index in [1.54, 1.807) is 0 Å². The second kappa shape index (κ2) is 39.4. The van der Waals surface area contributed by atoms with Crippen molar-refractivity contribution >= 4 is 19.8 Å². The van der Waals surface area contributed by atoms with Gasteiger partial charge in [-0.1, -0.05) is 139 Å². The van der Waals surface area contributed by atoms with Gasteiger partial charge < -0.3 is 20.1 Å². The Kier molecular flexibility index (Phi) is 37.7.